The summed E-state index contributed by atoms with van der Waals surface area (Å²) in [5.41, 5.74) is 6.35. The van der Waals surface area contributed by atoms with Crippen LogP contribution in [0.1, 0.15) is 19.3 Å². The quantitative estimate of drug-likeness (QED) is 0.837. The summed E-state index contributed by atoms with van der Waals surface area (Å²) >= 11 is 0. The second-order valence-corrected chi connectivity index (χ2v) is 4.16. The van der Waals surface area contributed by atoms with Crippen LogP contribution in [0.25, 0.3) is 0 Å². The lowest BCUT2D eigenvalue weighted by Crippen LogP contribution is -2.33. The summed E-state index contributed by atoms with van der Waals surface area (Å²) in [5, 5.41) is 0. The normalized spacial score (nSPS) is 17.2. The van der Waals surface area contributed by atoms with E-state index in [1.807, 2.05) is 6.07 Å². The van der Waals surface area contributed by atoms with Gasteiger partial charge in [-0.3, -0.25) is 9.88 Å². The molecule has 2 heterocycles. The van der Waals surface area contributed by atoms with Crippen molar-refractivity contribution in [3.05, 3.63) is 18.5 Å². The van der Waals surface area contributed by atoms with Crippen molar-refractivity contribution in [1.82, 2.24) is 9.88 Å². The molecule has 0 aromatic carbocycles. The van der Waals surface area contributed by atoms with E-state index in [0.717, 1.165) is 12.3 Å². The Labute approximate surface area is 96.4 Å². The highest BCUT2D eigenvalue weighted by Crippen LogP contribution is 2.18. The van der Waals surface area contributed by atoms with E-state index in [1.54, 1.807) is 12.4 Å². The Bertz CT molecular complexity index is 324. The predicted octanol–water partition coefficient (Wildman–Crippen LogP) is 1.53. The van der Waals surface area contributed by atoms with Gasteiger partial charge in [-0.2, -0.15) is 0 Å². The first-order chi connectivity index (χ1) is 7.86. The van der Waals surface area contributed by atoms with Gasteiger partial charge in [0.2, 0.25) is 0 Å². The monoisotopic (exact) mass is 221 g/mol. The van der Waals surface area contributed by atoms with E-state index in [-0.39, 0.29) is 0 Å². The van der Waals surface area contributed by atoms with Gasteiger partial charge in [-0.15, -0.1) is 0 Å². The van der Waals surface area contributed by atoms with E-state index < -0.39 is 0 Å². The van der Waals surface area contributed by atoms with Crippen LogP contribution in [0.5, 0.6) is 5.75 Å². The average Bonchev–Trinajstić information content (AvgIpc) is 2.33. The van der Waals surface area contributed by atoms with Crippen LogP contribution in [0.3, 0.4) is 0 Å². The number of rotatable bonds is 4. The van der Waals surface area contributed by atoms with Gasteiger partial charge >= 0.3 is 0 Å². The van der Waals surface area contributed by atoms with Gasteiger partial charge in [0.1, 0.15) is 12.4 Å². The molecule has 0 aliphatic carbocycles. The maximum atomic E-state index is 5.74. The Morgan fingerprint density at radius 2 is 2.12 bits per heavy atom. The molecule has 1 aromatic heterocycles. The van der Waals surface area contributed by atoms with Gasteiger partial charge in [0.25, 0.3) is 0 Å². The standard InChI is InChI=1S/C12H19N3O/c13-11-10-14-5-4-12(11)16-9-8-15-6-2-1-3-7-15/h4-5,10H,1-3,6-9,13H2. The molecule has 16 heavy (non-hydrogen) atoms. The minimum atomic E-state index is 0.612. The number of anilines is 1. The van der Waals surface area contributed by atoms with Gasteiger partial charge in [0, 0.05) is 18.8 Å². The summed E-state index contributed by atoms with van der Waals surface area (Å²) in [6.45, 7) is 4.10. The summed E-state index contributed by atoms with van der Waals surface area (Å²) in [4.78, 5) is 6.37. The number of hydrogen-bond donors (Lipinski definition) is 1. The Hall–Kier alpha value is -1.29. The molecule has 0 bridgehead atoms. The first kappa shape index (κ1) is 11.2. The van der Waals surface area contributed by atoms with Crippen LogP contribution in [0.15, 0.2) is 18.5 Å². The first-order valence-electron chi connectivity index (χ1n) is 5.91. The van der Waals surface area contributed by atoms with Gasteiger partial charge in [-0.05, 0) is 25.9 Å². The van der Waals surface area contributed by atoms with E-state index in [0.29, 0.717) is 12.3 Å². The van der Waals surface area contributed by atoms with Crippen molar-refractivity contribution >= 4 is 5.69 Å². The van der Waals surface area contributed by atoms with Gasteiger partial charge in [-0.25, -0.2) is 0 Å². The lowest BCUT2D eigenvalue weighted by Gasteiger charge is -2.26. The molecule has 2 rings (SSSR count). The van der Waals surface area contributed by atoms with Crippen molar-refractivity contribution in [1.29, 1.82) is 0 Å². The van der Waals surface area contributed by atoms with Crippen LogP contribution in [0.4, 0.5) is 5.69 Å². The minimum Gasteiger partial charge on any atom is -0.490 e. The highest BCUT2D eigenvalue weighted by Gasteiger charge is 2.09. The number of likely N-dealkylation sites (tertiary alicyclic amines) is 1. The number of piperidine rings is 1. The molecule has 4 nitrogen and oxygen atoms in total. The lowest BCUT2D eigenvalue weighted by molar-refractivity contribution is 0.184. The summed E-state index contributed by atoms with van der Waals surface area (Å²) in [6.07, 6.45) is 7.33. The highest BCUT2D eigenvalue weighted by atomic mass is 16.5. The summed E-state index contributed by atoms with van der Waals surface area (Å²) in [5.74, 6) is 0.743. The number of nitrogen functional groups attached to an aromatic ring is 1. The number of pyridine rings is 1. The Morgan fingerprint density at radius 1 is 1.31 bits per heavy atom. The summed E-state index contributed by atoms with van der Waals surface area (Å²) in [7, 11) is 0. The number of ether oxygens (including phenoxy) is 1. The van der Waals surface area contributed by atoms with E-state index in [4.69, 9.17) is 10.5 Å². The van der Waals surface area contributed by atoms with Crippen LogP contribution in [0.2, 0.25) is 0 Å². The molecule has 0 radical (unpaired) electrons. The SMILES string of the molecule is Nc1cnccc1OCCN1CCCCC1. The smallest absolute Gasteiger partial charge is 0.145 e. The zero-order valence-corrected chi connectivity index (χ0v) is 9.56. The van der Waals surface area contributed by atoms with E-state index in [1.165, 1.54) is 32.4 Å². The molecule has 1 aromatic rings. The molecule has 88 valence electrons. The third-order valence-electron chi connectivity index (χ3n) is 2.92. The first-order valence-corrected chi connectivity index (χ1v) is 5.91. The van der Waals surface area contributed by atoms with E-state index >= 15 is 0 Å². The highest BCUT2D eigenvalue weighted by molar-refractivity contribution is 5.49. The molecule has 1 saturated heterocycles. The molecular weight excluding hydrogens is 202 g/mol. The summed E-state index contributed by atoms with van der Waals surface area (Å²) in [6, 6.07) is 1.81. The van der Waals surface area contributed by atoms with Gasteiger partial charge in [0.05, 0.1) is 11.9 Å². The molecule has 0 atom stereocenters. The number of hydrogen-bond acceptors (Lipinski definition) is 4. The molecule has 1 fully saturated rings. The van der Waals surface area contributed by atoms with Gasteiger partial charge in [-0.1, -0.05) is 6.42 Å². The van der Waals surface area contributed by atoms with Crippen molar-refractivity contribution in [2.45, 2.75) is 19.3 Å². The lowest BCUT2D eigenvalue weighted by atomic mass is 10.1. The van der Waals surface area contributed by atoms with Crippen LogP contribution in [-0.4, -0.2) is 36.1 Å². The fourth-order valence-corrected chi connectivity index (χ4v) is 1.99. The van der Waals surface area contributed by atoms with Crippen molar-refractivity contribution in [2.24, 2.45) is 0 Å². The zero-order valence-electron chi connectivity index (χ0n) is 9.56. The number of aromatic nitrogens is 1. The zero-order chi connectivity index (χ0) is 11.2. The van der Waals surface area contributed by atoms with Crippen molar-refractivity contribution < 1.29 is 4.74 Å². The van der Waals surface area contributed by atoms with Crippen LogP contribution >= 0.6 is 0 Å². The second-order valence-electron chi connectivity index (χ2n) is 4.16. The molecule has 1 aliphatic heterocycles. The number of nitrogens with zero attached hydrogens (tertiary/aromatic N) is 2. The third kappa shape index (κ3) is 3.10. The van der Waals surface area contributed by atoms with Crippen molar-refractivity contribution in [3.8, 4) is 5.75 Å². The molecule has 4 heteroatoms. The fraction of sp³-hybridized carbons (Fsp3) is 0.583. The Balaban J connectivity index is 1.73. The van der Waals surface area contributed by atoms with Crippen molar-refractivity contribution in [2.75, 3.05) is 32.0 Å². The van der Waals surface area contributed by atoms with E-state index in [9.17, 15) is 0 Å². The van der Waals surface area contributed by atoms with Gasteiger partial charge < -0.3 is 10.5 Å². The molecule has 0 spiro atoms. The third-order valence-corrected chi connectivity index (χ3v) is 2.92. The average molecular weight is 221 g/mol. The van der Waals surface area contributed by atoms with Crippen LogP contribution in [0, 0.1) is 0 Å². The maximum Gasteiger partial charge on any atom is 0.145 e. The Kier molecular flexibility index (Phi) is 3.99. The van der Waals surface area contributed by atoms with Crippen LogP contribution < -0.4 is 10.5 Å². The second kappa shape index (κ2) is 5.70. The molecular formula is C12H19N3O. The minimum absolute atomic E-state index is 0.612. The molecule has 0 amide bonds. The largest absolute Gasteiger partial charge is 0.490 e. The maximum absolute atomic E-state index is 5.74. The van der Waals surface area contributed by atoms with Crippen LogP contribution in [-0.2, 0) is 0 Å². The molecule has 0 saturated carbocycles. The fourth-order valence-electron chi connectivity index (χ4n) is 1.99. The molecule has 0 unspecified atom stereocenters. The predicted molar refractivity (Wildman–Crippen MR) is 64.4 cm³/mol. The van der Waals surface area contributed by atoms with E-state index in [2.05, 4.69) is 9.88 Å². The molecule has 1 aliphatic rings. The number of nitrogens with two attached hydrogens (primary N) is 1. The topological polar surface area (TPSA) is 51.4 Å². The van der Waals surface area contributed by atoms with Gasteiger partial charge in [0.15, 0.2) is 0 Å². The Morgan fingerprint density at radius 3 is 2.88 bits per heavy atom. The summed E-state index contributed by atoms with van der Waals surface area (Å²) < 4.78 is 5.63. The molecule has 2 N–H and O–H groups in total. The van der Waals surface area contributed by atoms with Crippen molar-refractivity contribution in [3.63, 3.8) is 0 Å².